The normalized spacial score (nSPS) is 10.9. The minimum Gasteiger partial charge on any atom is -0.375 e. The van der Waals surface area contributed by atoms with Crippen molar-refractivity contribution in [2.75, 3.05) is 31.6 Å². The Morgan fingerprint density at radius 1 is 1.28 bits per heavy atom. The molecule has 0 saturated heterocycles. The number of hydrogen-bond acceptors (Lipinski definition) is 2. The molecule has 3 heteroatoms. The molecule has 2 nitrogen and oxygen atoms in total. The van der Waals surface area contributed by atoms with Crippen LogP contribution >= 0.6 is 0 Å². The molecule has 0 aromatic heterocycles. The Bertz CT molecular complexity index is 339. The van der Waals surface area contributed by atoms with Crippen LogP contribution in [0, 0.1) is 11.7 Å². The van der Waals surface area contributed by atoms with E-state index >= 15 is 0 Å². The SMILES string of the molecule is CC(C)CNCCCCN(C)c1cccc(F)c1. The number of benzene rings is 1. The molecule has 1 aromatic carbocycles. The average Bonchev–Trinajstić information content (AvgIpc) is 2.33. The van der Waals surface area contributed by atoms with Gasteiger partial charge in [0.15, 0.2) is 0 Å². The van der Waals surface area contributed by atoms with Crippen LogP contribution in [0.4, 0.5) is 10.1 Å². The fraction of sp³-hybridized carbons (Fsp3) is 0.600. The molecule has 0 aliphatic rings. The molecule has 0 radical (unpaired) electrons. The van der Waals surface area contributed by atoms with E-state index in [1.54, 1.807) is 12.1 Å². The number of nitrogens with zero attached hydrogens (tertiary/aromatic N) is 1. The summed E-state index contributed by atoms with van der Waals surface area (Å²) in [5, 5.41) is 3.43. The second-order valence-electron chi connectivity index (χ2n) is 5.21. The van der Waals surface area contributed by atoms with Crippen LogP contribution in [0.15, 0.2) is 24.3 Å². The fourth-order valence-corrected chi connectivity index (χ4v) is 1.83. The van der Waals surface area contributed by atoms with Gasteiger partial charge in [0.25, 0.3) is 0 Å². The number of hydrogen-bond donors (Lipinski definition) is 1. The van der Waals surface area contributed by atoms with E-state index in [-0.39, 0.29) is 5.82 Å². The zero-order valence-corrected chi connectivity index (χ0v) is 11.7. The van der Waals surface area contributed by atoms with E-state index < -0.39 is 0 Å². The number of rotatable bonds is 8. The van der Waals surface area contributed by atoms with Crippen LogP contribution in [0.25, 0.3) is 0 Å². The summed E-state index contributed by atoms with van der Waals surface area (Å²) in [5.41, 5.74) is 0.949. The number of anilines is 1. The third-order valence-corrected chi connectivity index (χ3v) is 2.90. The molecule has 18 heavy (non-hydrogen) atoms. The van der Waals surface area contributed by atoms with Crippen molar-refractivity contribution in [1.29, 1.82) is 0 Å². The average molecular weight is 252 g/mol. The lowest BCUT2D eigenvalue weighted by molar-refractivity contribution is 0.535. The molecule has 1 aromatic rings. The minimum absolute atomic E-state index is 0.169. The predicted octanol–water partition coefficient (Wildman–Crippen LogP) is 3.29. The van der Waals surface area contributed by atoms with Gasteiger partial charge in [0.1, 0.15) is 5.82 Å². The maximum atomic E-state index is 13.1. The van der Waals surface area contributed by atoms with Crippen LogP contribution < -0.4 is 10.2 Å². The van der Waals surface area contributed by atoms with Crippen LogP contribution in [-0.4, -0.2) is 26.7 Å². The molecule has 0 aliphatic heterocycles. The summed E-state index contributed by atoms with van der Waals surface area (Å²) in [6.45, 7) is 7.54. The molecule has 0 spiro atoms. The van der Waals surface area contributed by atoms with Gasteiger partial charge < -0.3 is 10.2 Å². The summed E-state index contributed by atoms with van der Waals surface area (Å²) in [7, 11) is 2.01. The minimum atomic E-state index is -0.169. The van der Waals surface area contributed by atoms with Crippen LogP contribution in [0.1, 0.15) is 26.7 Å². The Kier molecular flexibility index (Phi) is 6.73. The molecule has 0 heterocycles. The van der Waals surface area contributed by atoms with Gasteiger partial charge in [0.2, 0.25) is 0 Å². The largest absolute Gasteiger partial charge is 0.375 e. The lowest BCUT2D eigenvalue weighted by atomic mass is 10.2. The van der Waals surface area contributed by atoms with Gasteiger partial charge in [-0.25, -0.2) is 4.39 Å². The van der Waals surface area contributed by atoms with Crippen LogP contribution in [0.3, 0.4) is 0 Å². The molecule has 0 bridgehead atoms. The third-order valence-electron chi connectivity index (χ3n) is 2.90. The van der Waals surface area contributed by atoms with E-state index in [9.17, 15) is 4.39 Å². The molecule has 0 unspecified atom stereocenters. The maximum Gasteiger partial charge on any atom is 0.125 e. The first-order valence-electron chi connectivity index (χ1n) is 6.77. The predicted molar refractivity (Wildman–Crippen MR) is 76.6 cm³/mol. The number of unbranched alkanes of at least 4 members (excludes halogenated alkanes) is 1. The van der Waals surface area contributed by atoms with Gasteiger partial charge in [-0.1, -0.05) is 19.9 Å². The molecule has 1 N–H and O–H groups in total. The first kappa shape index (κ1) is 15.0. The lowest BCUT2D eigenvalue weighted by Gasteiger charge is -2.19. The van der Waals surface area contributed by atoms with Gasteiger partial charge in [-0.15, -0.1) is 0 Å². The highest BCUT2D eigenvalue weighted by atomic mass is 19.1. The highest BCUT2D eigenvalue weighted by Gasteiger charge is 2.01. The summed E-state index contributed by atoms with van der Waals surface area (Å²) in [5.74, 6) is 0.540. The van der Waals surface area contributed by atoms with Gasteiger partial charge >= 0.3 is 0 Å². The molecule has 1 rings (SSSR count). The summed E-state index contributed by atoms with van der Waals surface area (Å²) >= 11 is 0. The molecule has 0 fully saturated rings. The summed E-state index contributed by atoms with van der Waals surface area (Å²) < 4.78 is 13.1. The van der Waals surface area contributed by atoms with Crippen LogP contribution in [-0.2, 0) is 0 Å². The molecule has 102 valence electrons. The van der Waals surface area contributed by atoms with Crippen molar-refractivity contribution < 1.29 is 4.39 Å². The monoisotopic (exact) mass is 252 g/mol. The Morgan fingerprint density at radius 3 is 2.72 bits per heavy atom. The number of halogens is 1. The van der Waals surface area contributed by atoms with Gasteiger partial charge in [-0.2, -0.15) is 0 Å². The molecule has 0 saturated carbocycles. The molecular weight excluding hydrogens is 227 g/mol. The fourth-order valence-electron chi connectivity index (χ4n) is 1.83. The van der Waals surface area contributed by atoms with E-state index in [0.29, 0.717) is 5.92 Å². The van der Waals surface area contributed by atoms with E-state index in [4.69, 9.17) is 0 Å². The van der Waals surface area contributed by atoms with Crippen molar-refractivity contribution in [3.63, 3.8) is 0 Å². The number of nitrogens with one attached hydrogen (secondary N) is 1. The maximum absolute atomic E-state index is 13.1. The Balaban J connectivity index is 2.15. The molecular formula is C15H25FN2. The second-order valence-corrected chi connectivity index (χ2v) is 5.21. The molecule has 0 atom stereocenters. The second kappa shape index (κ2) is 8.09. The van der Waals surface area contributed by atoms with Gasteiger partial charge in [0.05, 0.1) is 0 Å². The van der Waals surface area contributed by atoms with Gasteiger partial charge in [0, 0.05) is 19.3 Å². The Morgan fingerprint density at radius 2 is 2.06 bits per heavy atom. The highest BCUT2D eigenvalue weighted by Crippen LogP contribution is 2.14. The van der Waals surface area contributed by atoms with Crippen LogP contribution in [0.2, 0.25) is 0 Å². The van der Waals surface area contributed by atoms with Gasteiger partial charge in [-0.3, -0.25) is 0 Å². The third kappa shape index (κ3) is 6.01. The van der Waals surface area contributed by atoms with E-state index in [2.05, 4.69) is 24.1 Å². The zero-order valence-electron chi connectivity index (χ0n) is 11.7. The van der Waals surface area contributed by atoms with E-state index in [1.807, 2.05) is 13.1 Å². The van der Waals surface area contributed by atoms with Crippen molar-refractivity contribution in [2.24, 2.45) is 5.92 Å². The Labute approximate surface area is 110 Å². The van der Waals surface area contributed by atoms with Crippen molar-refractivity contribution in [3.8, 4) is 0 Å². The van der Waals surface area contributed by atoms with Crippen molar-refractivity contribution >= 4 is 5.69 Å². The Hall–Kier alpha value is -1.09. The van der Waals surface area contributed by atoms with E-state index in [0.717, 1.165) is 38.2 Å². The smallest absolute Gasteiger partial charge is 0.125 e. The topological polar surface area (TPSA) is 15.3 Å². The standard InChI is InChI=1S/C15H25FN2/c1-13(2)12-17-9-4-5-10-18(3)15-8-6-7-14(16)11-15/h6-8,11,13,17H,4-5,9-10,12H2,1-3H3. The van der Waals surface area contributed by atoms with Crippen molar-refractivity contribution in [2.45, 2.75) is 26.7 Å². The lowest BCUT2D eigenvalue weighted by Crippen LogP contribution is -2.23. The van der Waals surface area contributed by atoms with Crippen LogP contribution in [0.5, 0.6) is 0 Å². The highest BCUT2D eigenvalue weighted by molar-refractivity contribution is 5.45. The van der Waals surface area contributed by atoms with Gasteiger partial charge in [-0.05, 0) is 50.0 Å². The summed E-state index contributed by atoms with van der Waals surface area (Å²) in [6.07, 6.45) is 2.28. The summed E-state index contributed by atoms with van der Waals surface area (Å²) in [6, 6.07) is 6.76. The summed E-state index contributed by atoms with van der Waals surface area (Å²) in [4.78, 5) is 2.10. The molecule has 0 amide bonds. The quantitative estimate of drug-likeness (QED) is 0.714. The van der Waals surface area contributed by atoms with E-state index in [1.165, 1.54) is 6.07 Å². The first-order chi connectivity index (χ1) is 8.59. The van der Waals surface area contributed by atoms with Crippen molar-refractivity contribution in [1.82, 2.24) is 5.32 Å². The zero-order chi connectivity index (χ0) is 13.4. The first-order valence-corrected chi connectivity index (χ1v) is 6.77. The molecule has 0 aliphatic carbocycles. The van der Waals surface area contributed by atoms with Crippen molar-refractivity contribution in [3.05, 3.63) is 30.1 Å².